The monoisotopic (exact) mass is 239 g/mol. The number of nitrogens with zero attached hydrogens (tertiary/aromatic N) is 4. The molecule has 2 rings (SSSR count). The van der Waals surface area contributed by atoms with Crippen LogP contribution in [0.1, 0.15) is 22.5 Å². The van der Waals surface area contributed by atoms with Gasteiger partial charge in [0.2, 0.25) is 0 Å². The summed E-state index contributed by atoms with van der Waals surface area (Å²) in [6.45, 7) is 4.23. The maximum atomic E-state index is 9.15. The maximum absolute atomic E-state index is 9.15. The van der Waals surface area contributed by atoms with Crippen LogP contribution >= 0.6 is 0 Å². The fraction of sp³-hybridized carbons (Fsp3) is 0.231. The van der Waals surface area contributed by atoms with E-state index in [9.17, 15) is 0 Å². The molecule has 0 bridgehead atoms. The van der Waals surface area contributed by atoms with E-state index >= 15 is 0 Å². The third-order valence-corrected chi connectivity index (χ3v) is 2.73. The molecule has 2 aromatic rings. The molecule has 0 saturated carbocycles. The summed E-state index contributed by atoms with van der Waals surface area (Å²) in [7, 11) is 0. The zero-order valence-corrected chi connectivity index (χ0v) is 10.3. The van der Waals surface area contributed by atoms with Gasteiger partial charge >= 0.3 is 0 Å². The quantitative estimate of drug-likeness (QED) is 0.886. The fourth-order valence-corrected chi connectivity index (χ4v) is 1.55. The zero-order chi connectivity index (χ0) is 13.0. The Morgan fingerprint density at radius 1 is 1.28 bits per heavy atom. The van der Waals surface area contributed by atoms with Gasteiger partial charge in [0.05, 0.1) is 17.9 Å². The van der Waals surface area contributed by atoms with Crippen molar-refractivity contribution in [1.82, 2.24) is 15.2 Å². The van der Waals surface area contributed by atoms with E-state index in [1.54, 1.807) is 6.20 Å². The Balaban J connectivity index is 2.21. The highest BCUT2D eigenvalue weighted by atomic mass is 15.2. The van der Waals surface area contributed by atoms with Crippen LogP contribution in [0.3, 0.4) is 0 Å². The highest BCUT2D eigenvalue weighted by molar-refractivity contribution is 5.55. The summed E-state index contributed by atoms with van der Waals surface area (Å²) in [5.74, 6) is 0.506. The molecule has 18 heavy (non-hydrogen) atoms. The lowest BCUT2D eigenvalue weighted by molar-refractivity contribution is 0.931. The number of anilines is 1. The molecule has 0 spiro atoms. The summed E-state index contributed by atoms with van der Waals surface area (Å²) in [4.78, 5) is 4.20. The van der Waals surface area contributed by atoms with Gasteiger partial charge in [0.25, 0.3) is 0 Å². The molecule has 1 N–H and O–H groups in total. The van der Waals surface area contributed by atoms with E-state index in [-0.39, 0.29) is 0 Å². The summed E-state index contributed by atoms with van der Waals surface area (Å²) in [5, 5.41) is 20.3. The standard InChI is InChI=1S/C13H13N5/c1-9-10(2)17-18-13(12(9)7-14)16-8-11-5-3-4-6-15-11/h3-6H,8H2,1-2H3,(H,16,18). The van der Waals surface area contributed by atoms with Crippen molar-refractivity contribution in [2.24, 2.45) is 0 Å². The van der Waals surface area contributed by atoms with E-state index in [2.05, 4.69) is 26.6 Å². The highest BCUT2D eigenvalue weighted by Gasteiger charge is 2.10. The first-order valence-electron chi connectivity index (χ1n) is 5.60. The molecule has 2 aromatic heterocycles. The minimum Gasteiger partial charge on any atom is -0.362 e. The van der Waals surface area contributed by atoms with E-state index in [1.165, 1.54) is 0 Å². The van der Waals surface area contributed by atoms with E-state index < -0.39 is 0 Å². The lowest BCUT2D eigenvalue weighted by atomic mass is 10.1. The fourth-order valence-electron chi connectivity index (χ4n) is 1.55. The topological polar surface area (TPSA) is 74.5 Å². The van der Waals surface area contributed by atoms with Crippen LogP contribution in [0, 0.1) is 25.2 Å². The number of nitriles is 1. The predicted molar refractivity (Wildman–Crippen MR) is 67.8 cm³/mol. The van der Waals surface area contributed by atoms with E-state index in [1.807, 2.05) is 32.0 Å². The average molecular weight is 239 g/mol. The second-order valence-corrected chi connectivity index (χ2v) is 3.92. The van der Waals surface area contributed by atoms with Gasteiger partial charge in [0, 0.05) is 6.20 Å². The Morgan fingerprint density at radius 2 is 2.11 bits per heavy atom. The Morgan fingerprint density at radius 3 is 2.78 bits per heavy atom. The predicted octanol–water partition coefficient (Wildman–Crippen LogP) is 1.97. The molecule has 90 valence electrons. The van der Waals surface area contributed by atoms with Gasteiger partial charge in [-0.25, -0.2) is 0 Å². The maximum Gasteiger partial charge on any atom is 0.167 e. The molecule has 0 amide bonds. The number of aryl methyl sites for hydroxylation is 1. The first-order chi connectivity index (χ1) is 8.72. The first kappa shape index (κ1) is 12.0. The largest absolute Gasteiger partial charge is 0.362 e. The van der Waals surface area contributed by atoms with Gasteiger partial charge in [0.15, 0.2) is 5.82 Å². The molecular weight excluding hydrogens is 226 g/mol. The van der Waals surface area contributed by atoms with Crippen molar-refractivity contribution in [3.05, 3.63) is 46.9 Å². The number of pyridine rings is 1. The van der Waals surface area contributed by atoms with E-state index in [0.717, 1.165) is 17.0 Å². The number of rotatable bonds is 3. The lowest BCUT2D eigenvalue weighted by Gasteiger charge is -2.08. The highest BCUT2D eigenvalue weighted by Crippen LogP contribution is 2.17. The van der Waals surface area contributed by atoms with Crippen LogP contribution in [0.4, 0.5) is 5.82 Å². The number of nitrogens with one attached hydrogen (secondary N) is 1. The van der Waals surface area contributed by atoms with Crippen molar-refractivity contribution in [2.75, 3.05) is 5.32 Å². The molecule has 0 atom stereocenters. The van der Waals surface area contributed by atoms with Gasteiger partial charge in [-0.3, -0.25) is 4.98 Å². The molecular formula is C13H13N5. The molecule has 2 heterocycles. The van der Waals surface area contributed by atoms with Gasteiger partial charge in [-0.15, -0.1) is 5.10 Å². The summed E-state index contributed by atoms with van der Waals surface area (Å²) < 4.78 is 0. The smallest absolute Gasteiger partial charge is 0.167 e. The molecule has 0 fully saturated rings. The van der Waals surface area contributed by atoms with Gasteiger partial charge in [-0.05, 0) is 31.5 Å². The summed E-state index contributed by atoms with van der Waals surface area (Å²) >= 11 is 0. The van der Waals surface area contributed by atoms with Gasteiger partial charge in [0.1, 0.15) is 11.6 Å². The van der Waals surface area contributed by atoms with Crippen molar-refractivity contribution in [3.8, 4) is 6.07 Å². The number of hydrogen-bond acceptors (Lipinski definition) is 5. The van der Waals surface area contributed by atoms with Crippen molar-refractivity contribution >= 4 is 5.82 Å². The van der Waals surface area contributed by atoms with Crippen molar-refractivity contribution in [3.63, 3.8) is 0 Å². The van der Waals surface area contributed by atoms with Gasteiger partial charge in [-0.1, -0.05) is 6.07 Å². The minimum absolute atomic E-state index is 0.506. The zero-order valence-electron chi connectivity index (χ0n) is 10.3. The molecule has 0 aliphatic rings. The van der Waals surface area contributed by atoms with Crippen LogP contribution in [0.15, 0.2) is 24.4 Å². The van der Waals surface area contributed by atoms with Crippen LogP contribution in [-0.4, -0.2) is 15.2 Å². The lowest BCUT2D eigenvalue weighted by Crippen LogP contribution is -2.08. The van der Waals surface area contributed by atoms with Crippen molar-refractivity contribution in [2.45, 2.75) is 20.4 Å². The van der Waals surface area contributed by atoms with Crippen LogP contribution in [0.5, 0.6) is 0 Å². The summed E-state index contributed by atoms with van der Waals surface area (Å²) in [6.07, 6.45) is 1.73. The number of aromatic nitrogens is 3. The number of hydrogen-bond donors (Lipinski definition) is 1. The van der Waals surface area contributed by atoms with Crippen LogP contribution < -0.4 is 5.32 Å². The van der Waals surface area contributed by atoms with Crippen molar-refractivity contribution < 1.29 is 0 Å². The average Bonchev–Trinajstić information content (AvgIpc) is 2.41. The third-order valence-electron chi connectivity index (χ3n) is 2.73. The van der Waals surface area contributed by atoms with Crippen LogP contribution in [-0.2, 0) is 6.54 Å². The van der Waals surface area contributed by atoms with Crippen LogP contribution in [0.25, 0.3) is 0 Å². The molecule has 0 radical (unpaired) electrons. The molecule has 5 heteroatoms. The molecule has 0 aliphatic carbocycles. The third kappa shape index (κ3) is 2.43. The molecule has 0 aliphatic heterocycles. The summed E-state index contributed by atoms with van der Waals surface area (Å²) in [5.41, 5.74) is 3.06. The Kier molecular flexibility index (Phi) is 3.49. The second-order valence-electron chi connectivity index (χ2n) is 3.92. The molecule has 0 unspecified atom stereocenters. The Hall–Kier alpha value is -2.48. The summed E-state index contributed by atoms with van der Waals surface area (Å²) in [6, 6.07) is 7.84. The first-order valence-corrected chi connectivity index (χ1v) is 5.60. The van der Waals surface area contributed by atoms with Crippen LogP contribution in [0.2, 0.25) is 0 Å². The molecule has 0 saturated heterocycles. The normalized spacial score (nSPS) is 9.83. The molecule has 0 aromatic carbocycles. The SMILES string of the molecule is Cc1nnc(NCc2ccccn2)c(C#N)c1C. The second kappa shape index (κ2) is 5.23. The Bertz CT molecular complexity index is 586. The van der Waals surface area contributed by atoms with Crippen molar-refractivity contribution in [1.29, 1.82) is 5.26 Å². The minimum atomic E-state index is 0.506. The van der Waals surface area contributed by atoms with Gasteiger partial charge < -0.3 is 5.32 Å². The Labute approximate surface area is 106 Å². The molecule has 5 nitrogen and oxygen atoms in total. The van der Waals surface area contributed by atoms with Gasteiger partial charge in [-0.2, -0.15) is 10.4 Å². The van der Waals surface area contributed by atoms with E-state index in [0.29, 0.717) is 17.9 Å². The van der Waals surface area contributed by atoms with E-state index in [4.69, 9.17) is 5.26 Å².